The summed E-state index contributed by atoms with van der Waals surface area (Å²) in [6.07, 6.45) is 5.01. The fraction of sp³-hybridized carbons (Fsp3) is 0.480. The number of carbonyl (C=O) groups excluding carboxylic acids is 1. The van der Waals surface area contributed by atoms with Crippen molar-refractivity contribution in [3.63, 3.8) is 0 Å². The van der Waals surface area contributed by atoms with E-state index in [2.05, 4.69) is 4.72 Å². The molecule has 1 spiro atoms. The first-order valence-corrected chi connectivity index (χ1v) is 15.5. The van der Waals surface area contributed by atoms with Crippen molar-refractivity contribution in [3.8, 4) is 0 Å². The lowest BCUT2D eigenvalue weighted by atomic mass is 9.70. The quantitative estimate of drug-likeness (QED) is 0.630. The summed E-state index contributed by atoms with van der Waals surface area (Å²) in [5, 5.41) is 0. The Hall–Kier alpha value is -2.50. The molecule has 2 aromatic carbocycles. The van der Waals surface area contributed by atoms with Crippen LogP contribution in [-0.4, -0.2) is 59.1 Å². The Labute approximate surface area is 211 Å². The Morgan fingerprint density at radius 2 is 1.81 bits per heavy atom. The average Bonchev–Trinajstić information content (AvgIpc) is 3.41. The molecule has 2 aliphatic heterocycles. The number of carbonyl (C=O) groups is 1. The lowest BCUT2D eigenvalue weighted by Gasteiger charge is -2.34. The van der Waals surface area contributed by atoms with Gasteiger partial charge in [0.2, 0.25) is 20.0 Å². The van der Waals surface area contributed by atoms with Crippen molar-refractivity contribution in [1.82, 2.24) is 4.31 Å². The lowest BCUT2D eigenvalue weighted by Crippen LogP contribution is -2.38. The standard InChI is InChI=1S/C25H30FN3O5S2/c1-35(31,32)27-20-8-9-23-22(15-20)25(11-3-2-4-12-25)17-29(23)24(30)18-6-5-7-21(14-18)36(33,34)28-13-10-19(26)16-28/h5-9,14-15,19,27H,2-4,10-13,16-17H2,1H3. The van der Waals surface area contributed by atoms with Crippen LogP contribution in [0.1, 0.15) is 54.4 Å². The van der Waals surface area contributed by atoms with Gasteiger partial charge in [-0.2, -0.15) is 4.31 Å². The summed E-state index contributed by atoms with van der Waals surface area (Å²) in [4.78, 5) is 15.4. The predicted molar refractivity (Wildman–Crippen MR) is 136 cm³/mol. The van der Waals surface area contributed by atoms with E-state index in [9.17, 15) is 26.0 Å². The highest BCUT2D eigenvalue weighted by Gasteiger charge is 2.45. The summed E-state index contributed by atoms with van der Waals surface area (Å²) in [7, 11) is -7.36. The van der Waals surface area contributed by atoms with E-state index in [0.717, 1.165) is 48.2 Å². The number of benzene rings is 2. The Balaban J connectivity index is 1.50. The topological polar surface area (TPSA) is 104 Å². The summed E-state index contributed by atoms with van der Waals surface area (Å²) in [5.74, 6) is -0.315. The van der Waals surface area contributed by atoms with E-state index >= 15 is 0 Å². The molecule has 2 fully saturated rings. The van der Waals surface area contributed by atoms with E-state index in [1.807, 2.05) is 6.07 Å². The fourth-order valence-electron chi connectivity index (χ4n) is 5.78. The normalized spacial score (nSPS) is 22.1. The summed E-state index contributed by atoms with van der Waals surface area (Å²) in [6.45, 7) is 0.399. The Morgan fingerprint density at radius 3 is 2.47 bits per heavy atom. The third kappa shape index (κ3) is 4.64. The molecule has 1 aliphatic carbocycles. The molecular weight excluding hydrogens is 505 g/mol. The molecule has 2 heterocycles. The Morgan fingerprint density at radius 1 is 1.06 bits per heavy atom. The van der Waals surface area contributed by atoms with E-state index in [4.69, 9.17) is 0 Å². The second-order valence-electron chi connectivity index (χ2n) is 10.1. The summed E-state index contributed by atoms with van der Waals surface area (Å²) in [5.41, 5.74) is 2.09. The van der Waals surface area contributed by atoms with Gasteiger partial charge < -0.3 is 4.90 Å². The molecule has 194 valence electrons. The number of anilines is 2. The number of nitrogens with zero attached hydrogens (tertiary/aromatic N) is 2. The second-order valence-corrected chi connectivity index (χ2v) is 13.8. The summed E-state index contributed by atoms with van der Waals surface area (Å²) >= 11 is 0. The van der Waals surface area contributed by atoms with E-state index in [1.54, 1.807) is 23.1 Å². The summed E-state index contributed by atoms with van der Waals surface area (Å²) in [6, 6.07) is 11.2. The van der Waals surface area contributed by atoms with Crippen LogP contribution in [-0.2, 0) is 25.5 Å². The highest BCUT2D eigenvalue weighted by molar-refractivity contribution is 7.92. The number of sulfonamides is 2. The molecule has 1 amide bonds. The van der Waals surface area contributed by atoms with Crippen LogP contribution in [0.2, 0.25) is 0 Å². The van der Waals surface area contributed by atoms with Crippen LogP contribution in [0.15, 0.2) is 47.4 Å². The van der Waals surface area contributed by atoms with E-state index in [0.29, 0.717) is 17.9 Å². The minimum atomic E-state index is -3.90. The van der Waals surface area contributed by atoms with Crippen LogP contribution in [0.4, 0.5) is 15.8 Å². The molecule has 3 aliphatic rings. The molecule has 36 heavy (non-hydrogen) atoms. The highest BCUT2D eigenvalue weighted by Crippen LogP contribution is 2.50. The zero-order valence-electron chi connectivity index (χ0n) is 20.1. The van der Waals surface area contributed by atoms with Gasteiger partial charge in [0.05, 0.1) is 11.2 Å². The van der Waals surface area contributed by atoms with Gasteiger partial charge in [-0.1, -0.05) is 25.3 Å². The largest absolute Gasteiger partial charge is 0.307 e. The number of hydrogen-bond acceptors (Lipinski definition) is 5. The smallest absolute Gasteiger partial charge is 0.258 e. The molecule has 1 saturated carbocycles. The highest BCUT2D eigenvalue weighted by atomic mass is 32.2. The minimum Gasteiger partial charge on any atom is -0.307 e. The van der Waals surface area contributed by atoms with Crippen LogP contribution in [0.5, 0.6) is 0 Å². The molecule has 0 aromatic heterocycles. The van der Waals surface area contributed by atoms with Gasteiger partial charge in [-0.3, -0.25) is 9.52 Å². The van der Waals surface area contributed by atoms with Crippen LogP contribution in [0.25, 0.3) is 0 Å². The van der Waals surface area contributed by atoms with Crippen molar-refractivity contribution in [2.75, 3.05) is 35.5 Å². The van der Waals surface area contributed by atoms with Crippen molar-refractivity contribution < 1.29 is 26.0 Å². The van der Waals surface area contributed by atoms with E-state index in [1.165, 1.54) is 18.2 Å². The van der Waals surface area contributed by atoms with Crippen LogP contribution in [0.3, 0.4) is 0 Å². The third-order valence-electron chi connectivity index (χ3n) is 7.49. The Bertz CT molecular complexity index is 1400. The molecule has 0 radical (unpaired) electrons. The van der Waals surface area contributed by atoms with Gasteiger partial charge in [0.25, 0.3) is 5.91 Å². The molecule has 1 N–H and O–H groups in total. The monoisotopic (exact) mass is 535 g/mol. The number of hydrogen-bond donors (Lipinski definition) is 1. The van der Waals surface area contributed by atoms with Crippen molar-refractivity contribution in [2.24, 2.45) is 0 Å². The maximum atomic E-state index is 13.7. The molecule has 1 atom stereocenters. The maximum Gasteiger partial charge on any atom is 0.258 e. The Kier molecular flexibility index (Phi) is 6.37. The van der Waals surface area contributed by atoms with Gasteiger partial charge in [-0.25, -0.2) is 21.2 Å². The fourth-order valence-corrected chi connectivity index (χ4v) is 7.87. The number of alkyl halides is 1. The average molecular weight is 536 g/mol. The second kappa shape index (κ2) is 9.11. The van der Waals surface area contributed by atoms with Crippen LogP contribution in [0, 0.1) is 0 Å². The van der Waals surface area contributed by atoms with Gasteiger partial charge in [-0.05, 0) is 61.2 Å². The molecule has 1 saturated heterocycles. The lowest BCUT2D eigenvalue weighted by molar-refractivity contribution is 0.0982. The molecule has 11 heteroatoms. The molecular formula is C25H30FN3O5S2. The first-order chi connectivity index (χ1) is 17.0. The summed E-state index contributed by atoms with van der Waals surface area (Å²) < 4.78 is 67.0. The van der Waals surface area contributed by atoms with E-state index < -0.39 is 26.2 Å². The number of amides is 1. The van der Waals surface area contributed by atoms with Gasteiger partial charge in [-0.15, -0.1) is 0 Å². The van der Waals surface area contributed by atoms with Gasteiger partial charge in [0.1, 0.15) is 6.17 Å². The number of halogens is 1. The zero-order valence-corrected chi connectivity index (χ0v) is 21.7. The zero-order chi connectivity index (χ0) is 25.7. The first-order valence-electron chi connectivity index (χ1n) is 12.2. The minimum absolute atomic E-state index is 0.0260. The number of rotatable bonds is 5. The van der Waals surface area contributed by atoms with Crippen molar-refractivity contribution >= 4 is 37.3 Å². The molecule has 5 rings (SSSR count). The molecule has 8 nitrogen and oxygen atoms in total. The molecule has 1 unspecified atom stereocenters. The number of nitrogens with one attached hydrogen (secondary N) is 1. The van der Waals surface area contributed by atoms with Crippen molar-refractivity contribution in [2.45, 2.75) is 55.0 Å². The predicted octanol–water partition coefficient (Wildman–Crippen LogP) is 3.65. The third-order valence-corrected chi connectivity index (χ3v) is 9.96. The van der Waals surface area contributed by atoms with Gasteiger partial charge in [0.15, 0.2) is 0 Å². The number of fused-ring (bicyclic) bond motifs is 2. The molecule has 0 bridgehead atoms. The van der Waals surface area contributed by atoms with Gasteiger partial charge >= 0.3 is 0 Å². The van der Waals surface area contributed by atoms with Crippen LogP contribution >= 0.6 is 0 Å². The SMILES string of the molecule is CS(=O)(=O)Nc1ccc2c(c1)C1(CCCCC1)CN2C(=O)c1cccc(S(=O)(=O)N2CCC(F)C2)c1. The molecule has 2 aromatic rings. The van der Waals surface area contributed by atoms with Crippen molar-refractivity contribution in [1.29, 1.82) is 0 Å². The van der Waals surface area contributed by atoms with Gasteiger partial charge in [0, 0.05) is 42.0 Å². The van der Waals surface area contributed by atoms with Crippen molar-refractivity contribution in [3.05, 3.63) is 53.6 Å². The maximum absolute atomic E-state index is 13.7. The first kappa shape index (κ1) is 25.2. The van der Waals surface area contributed by atoms with E-state index in [-0.39, 0.29) is 41.3 Å². The van der Waals surface area contributed by atoms with Crippen LogP contribution < -0.4 is 9.62 Å².